The van der Waals surface area contributed by atoms with Gasteiger partial charge in [-0.15, -0.1) is 11.6 Å². The number of aliphatic hydroxyl groups excluding tert-OH is 1. The molecule has 4 rings (SSSR count). The van der Waals surface area contributed by atoms with Crippen LogP contribution in [0.4, 0.5) is 4.39 Å². The average Bonchev–Trinajstić information content (AvgIpc) is 2.95. The van der Waals surface area contributed by atoms with Crippen molar-refractivity contribution in [3.63, 3.8) is 0 Å². The van der Waals surface area contributed by atoms with Crippen LogP contribution in [0.5, 0.6) is 0 Å². The van der Waals surface area contributed by atoms with Crippen LogP contribution in [0, 0.1) is 34.5 Å². The molecule has 7 heteroatoms. The molecule has 0 aromatic rings. The number of esters is 1. The van der Waals surface area contributed by atoms with E-state index in [1.807, 2.05) is 26.8 Å². The molecule has 4 aliphatic rings. The van der Waals surface area contributed by atoms with Gasteiger partial charge in [0.15, 0.2) is 17.2 Å². The van der Waals surface area contributed by atoms with Crippen LogP contribution in [-0.4, -0.2) is 46.4 Å². The molecule has 3 saturated carbocycles. The number of ether oxygens (including phenoxy) is 1. The Balaban J connectivity index is 1.84. The third-order valence-electron chi connectivity index (χ3n) is 9.12. The van der Waals surface area contributed by atoms with Gasteiger partial charge in [-0.2, -0.15) is 0 Å². The molecule has 0 aliphatic heterocycles. The molecule has 3 fully saturated rings. The lowest BCUT2D eigenvalue weighted by Crippen LogP contribution is -2.65. The van der Waals surface area contributed by atoms with Gasteiger partial charge in [-0.05, 0) is 30.9 Å². The zero-order valence-corrected chi connectivity index (χ0v) is 19.8. The fourth-order valence-electron chi connectivity index (χ4n) is 7.78. The number of fused-ring (bicyclic) bond motifs is 5. The molecule has 176 valence electrons. The number of allylic oxidation sites excluding steroid dienone is 4. The maximum absolute atomic E-state index is 15.9. The maximum Gasteiger partial charge on any atom is 0.306 e. The quantitative estimate of drug-likeness (QED) is 0.501. The van der Waals surface area contributed by atoms with Crippen LogP contribution < -0.4 is 0 Å². The Morgan fingerprint density at radius 3 is 2.66 bits per heavy atom. The van der Waals surface area contributed by atoms with E-state index in [1.54, 1.807) is 6.92 Å². The van der Waals surface area contributed by atoms with Crippen LogP contribution in [0.15, 0.2) is 23.8 Å². The number of hydrogen-bond acceptors (Lipinski definition) is 5. The number of hydrogen-bond donors (Lipinski definition) is 1. The molecule has 0 saturated heterocycles. The van der Waals surface area contributed by atoms with Crippen LogP contribution in [0.25, 0.3) is 0 Å². The summed E-state index contributed by atoms with van der Waals surface area (Å²) < 4.78 is 21.8. The first-order valence-corrected chi connectivity index (χ1v) is 12.1. The van der Waals surface area contributed by atoms with Gasteiger partial charge in [0.05, 0.1) is 12.0 Å². The third kappa shape index (κ3) is 2.94. The van der Waals surface area contributed by atoms with Crippen molar-refractivity contribution in [3.8, 4) is 0 Å². The maximum atomic E-state index is 15.9. The molecule has 0 bridgehead atoms. The molecule has 0 heterocycles. The molecular formula is C25H32ClFO5. The molecule has 0 aromatic heterocycles. The number of halogens is 2. The Morgan fingerprint density at radius 1 is 1.34 bits per heavy atom. The first-order chi connectivity index (χ1) is 15.0. The highest BCUT2D eigenvalue weighted by Gasteiger charge is 2.73. The summed E-state index contributed by atoms with van der Waals surface area (Å²) >= 11 is 6.01. The summed E-state index contributed by atoms with van der Waals surface area (Å²) in [6.45, 7) is 7.34. The highest BCUT2D eigenvalue weighted by Crippen LogP contribution is 2.69. The second kappa shape index (κ2) is 7.76. The fourth-order valence-corrected chi connectivity index (χ4v) is 7.98. The van der Waals surface area contributed by atoms with Crippen molar-refractivity contribution in [2.45, 2.75) is 71.3 Å². The smallest absolute Gasteiger partial charge is 0.306 e. The number of carbonyl (C=O) groups is 3. The molecule has 0 aromatic carbocycles. The molecule has 9 atom stereocenters. The van der Waals surface area contributed by atoms with E-state index in [4.69, 9.17) is 16.3 Å². The molecule has 0 amide bonds. The number of aliphatic hydroxyl groups is 1. The van der Waals surface area contributed by atoms with Gasteiger partial charge >= 0.3 is 5.97 Å². The summed E-state index contributed by atoms with van der Waals surface area (Å²) in [4.78, 5) is 37.7. The van der Waals surface area contributed by atoms with Crippen molar-refractivity contribution in [1.82, 2.24) is 0 Å². The topological polar surface area (TPSA) is 80.7 Å². The van der Waals surface area contributed by atoms with Gasteiger partial charge in [0.25, 0.3) is 0 Å². The first-order valence-electron chi connectivity index (χ1n) is 11.5. The fraction of sp³-hybridized carbons (Fsp3) is 0.720. The summed E-state index contributed by atoms with van der Waals surface area (Å²) in [5.41, 5.74) is -2.35. The zero-order chi connectivity index (χ0) is 23.6. The lowest BCUT2D eigenvalue weighted by Gasteiger charge is -2.60. The van der Waals surface area contributed by atoms with Gasteiger partial charge < -0.3 is 9.84 Å². The van der Waals surface area contributed by atoms with Gasteiger partial charge in [-0.25, -0.2) is 4.39 Å². The monoisotopic (exact) mass is 466 g/mol. The summed E-state index contributed by atoms with van der Waals surface area (Å²) in [6.07, 6.45) is 3.54. The molecular weight excluding hydrogens is 435 g/mol. The van der Waals surface area contributed by atoms with E-state index in [1.165, 1.54) is 12.2 Å². The summed E-state index contributed by atoms with van der Waals surface area (Å²) in [5.74, 6) is -2.96. The van der Waals surface area contributed by atoms with Crippen molar-refractivity contribution in [1.29, 1.82) is 0 Å². The second-order valence-electron chi connectivity index (χ2n) is 10.6. The van der Waals surface area contributed by atoms with E-state index >= 15 is 4.39 Å². The Labute approximate surface area is 193 Å². The lowest BCUT2D eigenvalue weighted by molar-refractivity contribution is -0.206. The standard InChI is InChI=1S/C25H32ClFO5/c1-5-20(31)32-25(19(30)12-26)13(2)8-16-21-17(27)10-14-9-15(28)6-7-23(14,3)22(21)18(29)11-24(16,25)4/h6-7,9,13,16-18,21-22,29H,5,8,10-12H2,1-4H3/t13-,16+,17-,18+,21-,22+,23+,24+,25-/m1/s1. The summed E-state index contributed by atoms with van der Waals surface area (Å²) in [5, 5.41) is 11.5. The minimum Gasteiger partial charge on any atom is -0.450 e. The van der Waals surface area contributed by atoms with Crippen molar-refractivity contribution < 1.29 is 28.6 Å². The van der Waals surface area contributed by atoms with E-state index in [-0.39, 0.29) is 48.5 Å². The molecule has 0 unspecified atom stereocenters. The highest BCUT2D eigenvalue weighted by molar-refractivity contribution is 6.29. The van der Waals surface area contributed by atoms with Crippen LogP contribution >= 0.6 is 11.6 Å². The minimum absolute atomic E-state index is 0.107. The van der Waals surface area contributed by atoms with E-state index < -0.39 is 46.5 Å². The predicted octanol–water partition coefficient (Wildman–Crippen LogP) is 3.96. The summed E-state index contributed by atoms with van der Waals surface area (Å²) in [6, 6.07) is 0. The van der Waals surface area contributed by atoms with Gasteiger partial charge in [0.2, 0.25) is 0 Å². The van der Waals surface area contributed by atoms with Crippen LogP contribution in [0.1, 0.15) is 53.4 Å². The minimum atomic E-state index is -1.49. The molecule has 4 aliphatic carbocycles. The van der Waals surface area contributed by atoms with Gasteiger partial charge in [0.1, 0.15) is 6.17 Å². The van der Waals surface area contributed by atoms with Crippen molar-refractivity contribution in [3.05, 3.63) is 23.8 Å². The Bertz CT molecular complexity index is 914. The Hall–Kier alpha value is -1.53. The van der Waals surface area contributed by atoms with Crippen LogP contribution in [0.3, 0.4) is 0 Å². The average molecular weight is 467 g/mol. The normalized spacial score (nSPS) is 47.2. The zero-order valence-electron chi connectivity index (χ0n) is 19.1. The van der Waals surface area contributed by atoms with Gasteiger partial charge in [-0.3, -0.25) is 14.4 Å². The van der Waals surface area contributed by atoms with E-state index in [0.717, 1.165) is 0 Å². The first kappa shape index (κ1) is 23.6. The Morgan fingerprint density at radius 2 is 2.03 bits per heavy atom. The van der Waals surface area contributed by atoms with Crippen LogP contribution in [-0.2, 0) is 19.1 Å². The summed E-state index contributed by atoms with van der Waals surface area (Å²) in [7, 11) is 0. The van der Waals surface area contributed by atoms with E-state index in [0.29, 0.717) is 12.0 Å². The lowest BCUT2D eigenvalue weighted by atomic mass is 9.45. The van der Waals surface area contributed by atoms with Gasteiger partial charge in [-0.1, -0.05) is 39.3 Å². The molecule has 5 nitrogen and oxygen atoms in total. The van der Waals surface area contributed by atoms with Crippen molar-refractivity contribution in [2.75, 3.05) is 5.88 Å². The predicted molar refractivity (Wildman–Crippen MR) is 118 cm³/mol. The number of Topliss-reactive ketones (excluding diaryl/α,β-unsaturated/α-hetero) is 1. The largest absolute Gasteiger partial charge is 0.450 e. The van der Waals surface area contributed by atoms with Gasteiger partial charge in [0, 0.05) is 41.4 Å². The SMILES string of the molecule is CCC(=O)O[C@@]1(C(=O)CCl)[C@H](C)C[C@H]2[C@H]3[C@H]([C@@H](O)C[C@@]21C)[C@@]1(C)C=CC(=O)C=C1C[C@H]3F. The second-order valence-corrected chi connectivity index (χ2v) is 10.8. The number of alkyl halides is 2. The molecule has 1 N–H and O–H groups in total. The Kier molecular flexibility index (Phi) is 5.73. The number of rotatable bonds is 4. The number of ketones is 2. The van der Waals surface area contributed by atoms with Crippen molar-refractivity contribution >= 4 is 29.1 Å². The third-order valence-corrected chi connectivity index (χ3v) is 9.36. The number of carbonyl (C=O) groups excluding carboxylic acids is 3. The molecule has 0 radical (unpaired) electrons. The highest BCUT2D eigenvalue weighted by atomic mass is 35.5. The van der Waals surface area contributed by atoms with E-state index in [2.05, 4.69) is 0 Å². The molecule has 0 spiro atoms. The van der Waals surface area contributed by atoms with E-state index in [9.17, 15) is 19.5 Å². The van der Waals surface area contributed by atoms with Crippen molar-refractivity contribution in [2.24, 2.45) is 34.5 Å². The molecule has 32 heavy (non-hydrogen) atoms. The van der Waals surface area contributed by atoms with Crippen LogP contribution in [0.2, 0.25) is 0 Å².